The van der Waals surface area contributed by atoms with E-state index in [1.54, 1.807) is 27.2 Å². The molecule has 1 atom stereocenters. The number of anilines is 2. The zero-order valence-electron chi connectivity index (χ0n) is 13.2. The Morgan fingerprint density at radius 3 is 2.39 bits per heavy atom. The molecule has 122 valence electrons. The minimum Gasteiger partial charge on any atom is -0.497 e. The molecule has 0 aliphatic rings. The van der Waals surface area contributed by atoms with Crippen molar-refractivity contribution in [3.63, 3.8) is 0 Å². The number of halogens is 1. The van der Waals surface area contributed by atoms with Gasteiger partial charge in [0.05, 0.1) is 19.9 Å². The molecule has 0 fully saturated rings. The summed E-state index contributed by atoms with van der Waals surface area (Å²) in [5.41, 5.74) is 1.47. The highest BCUT2D eigenvalue weighted by molar-refractivity contribution is 9.10. The Hall–Kier alpha value is -2.21. The Kier molecular flexibility index (Phi) is 5.87. The predicted molar refractivity (Wildman–Crippen MR) is 95.4 cm³/mol. The molecule has 0 saturated heterocycles. The van der Waals surface area contributed by atoms with Crippen molar-refractivity contribution < 1.29 is 14.3 Å². The quantitative estimate of drug-likeness (QED) is 0.799. The first kappa shape index (κ1) is 17.1. The second-order valence-electron chi connectivity index (χ2n) is 4.93. The summed E-state index contributed by atoms with van der Waals surface area (Å²) in [4.78, 5) is 12.3. The fourth-order valence-corrected chi connectivity index (χ4v) is 2.26. The van der Waals surface area contributed by atoms with Crippen molar-refractivity contribution in [2.45, 2.75) is 13.0 Å². The lowest BCUT2D eigenvalue weighted by Crippen LogP contribution is -2.32. The maximum absolute atomic E-state index is 12.3. The molecule has 0 heterocycles. The van der Waals surface area contributed by atoms with Crippen LogP contribution in [-0.2, 0) is 4.79 Å². The van der Waals surface area contributed by atoms with E-state index < -0.39 is 6.04 Å². The molecule has 2 rings (SSSR count). The van der Waals surface area contributed by atoms with Crippen LogP contribution >= 0.6 is 15.9 Å². The van der Waals surface area contributed by atoms with Crippen molar-refractivity contribution in [2.75, 3.05) is 24.9 Å². The summed E-state index contributed by atoms with van der Waals surface area (Å²) >= 11 is 3.36. The molecule has 2 aromatic rings. The Bertz CT molecular complexity index is 674. The van der Waals surface area contributed by atoms with Gasteiger partial charge < -0.3 is 20.1 Å². The molecule has 0 unspecified atom stereocenters. The summed E-state index contributed by atoms with van der Waals surface area (Å²) in [5.74, 6) is 1.18. The summed E-state index contributed by atoms with van der Waals surface area (Å²) in [6.07, 6.45) is 0. The van der Waals surface area contributed by atoms with E-state index >= 15 is 0 Å². The molecule has 0 aliphatic carbocycles. The first-order chi connectivity index (χ1) is 11.0. The van der Waals surface area contributed by atoms with E-state index in [0.717, 1.165) is 15.8 Å². The number of benzene rings is 2. The van der Waals surface area contributed by atoms with Gasteiger partial charge in [0.15, 0.2) is 0 Å². The van der Waals surface area contributed by atoms with E-state index in [-0.39, 0.29) is 5.91 Å². The molecule has 1 amide bonds. The van der Waals surface area contributed by atoms with Crippen molar-refractivity contribution in [1.29, 1.82) is 0 Å². The first-order valence-corrected chi connectivity index (χ1v) is 7.87. The van der Waals surface area contributed by atoms with Crippen LogP contribution in [-0.4, -0.2) is 26.2 Å². The van der Waals surface area contributed by atoms with Crippen molar-refractivity contribution in [3.05, 3.63) is 46.9 Å². The molecular formula is C17H19BrN2O3. The fourth-order valence-electron chi connectivity index (χ4n) is 2.00. The number of rotatable bonds is 6. The highest BCUT2D eigenvalue weighted by atomic mass is 79.9. The van der Waals surface area contributed by atoms with Gasteiger partial charge in [-0.25, -0.2) is 0 Å². The fraction of sp³-hybridized carbons (Fsp3) is 0.235. The summed E-state index contributed by atoms with van der Waals surface area (Å²) < 4.78 is 11.4. The minimum absolute atomic E-state index is 0.134. The van der Waals surface area contributed by atoms with E-state index in [2.05, 4.69) is 26.6 Å². The lowest BCUT2D eigenvalue weighted by molar-refractivity contribution is -0.116. The van der Waals surface area contributed by atoms with E-state index in [9.17, 15) is 4.79 Å². The standard InChI is InChI=1S/C17H19BrN2O3/c1-11(17(21)20-13-6-4-12(18)5-7-13)19-15-9-8-14(22-2)10-16(15)23-3/h4-11,19H,1-3H3,(H,20,21)/t11-/m0/s1. The molecule has 2 aromatic carbocycles. The number of methoxy groups -OCH3 is 2. The number of carbonyl (C=O) groups excluding carboxylic acids is 1. The molecule has 0 aliphatic heterocycles. The molecule has 5 nitrogen and oxygen atoms in total. The summed E-state index contributed by atoms with van der Waals surface area (Å²) in [5, 5.41) is 6.00. The van der Waals surface area contributed by atoms with Gasteiger partial charge in [-0.15, -0.1) is 0 Å². The summed E-state index contributed by atoms with van der Waals surface area (Å²) in [6, 6.07) is 12.4. The maximum atomic E-state index is 12.3. The van der Waals surface area contributed by atoms with E-state index in [0.29, 0.717) is 11.5 Å². The Labute approximate surface area is 144 Å². The van der Waals surface area contributed by atoms with Gasteiger partial charge >= 0.3 is 0 Å². The summed E-state index contributed by atoms with van der Waals surface area (Å²) in [7, 11) is 3.17. The third kappa shape index (κ3) is 4.63. The molecule has 0 radical (unpaired) electrons. The van der Waals surface area contributed by atoms with Crippen molar-refractivity contribution in [1.82, 2.24) is 0 Å². The van der Waals surface area contributed by atoms with Gasteiger partial charge in [-0.3, -0.25) is 4.79 Å². The second kappa shape index (κ2) is 7.87. The zero-order valence-corrected chi connectivity index (χ0v) is 14.8. The lowest BCUT2D eigenvalue weighted by atomic mass is 10.2. The highest BCUT2D eigenvalue weighted by Gasteiger charge is 2.15. The van der Waals surface area contributed by atoms with Crippen LogP contribution in [0.2, 0.25) is 0 Å². The van der Waals surface area contributed by atoms with Crippen LogP contribution in [0.4, 0.5) is 11.4 Å². The molecule has 6 heteroatoms. The van der Waals surface area contributed by atoms with Crippen LogP contribution in [0.5, 0.6) is 11.5 Å². The lowest BCUT2D eigenvalue weighted by Gasteiger charge is -2.18. The number of hydrogen-bond donors (Lipinski definition) is 2. The Morgan fingerprint density at radius 2 is 1.78 bits per heavy atom. The molecular weight excluding hydrogens is 360 g/mol. The van der Waals surface area contributed by atoms with Gasteiger partial charge in [0, 0.05) is 16.2 Å². The third-order valence-corrected chi connectivity index (χ3v) is 3.81. The van der Waals surface area contributed by atoms with Gasteiger partial charge in [-0.2, -0.15) is 0 Å². The van der Waals surface area contributed by atoms with Crippen LogP contribution in [0, 0.1) is 0 Å². The zero-order chi connectivity index (χ0) is 16.8. The first-order valence-electron chi connectivity index (χ1n) is 7.08. The average Bonchev–Trinajstić information content (AvgIpc) is 2.57. The number of ether oxygens (including phenoxy) is 2. The molecule has 0 spiro atoms. The smallest absolute Gasteiger partial charge is 0.246 e. The minimum atomic E-state index is -0.430. The molecule has 0 aromatic heterocycles. The predicted octanol–water partition coefficient (Wildman–Crippen LogP) is 3.91. The SMILES string of the molecule is COc1ccc(N[C@@H](C)C(=O)Nc2ccc(Br)cc2)c(OC)c1. The van der Waals surface area contributed by atoms with Gasteiger partial charge in [-0.1, -0.05) is 15.9 Å². The van der Waals surface area contributed by atoms with Gasteiger partial charge in [-0.05, 0) is 43.3 Å². The number of nitrogens with one attached hydrogen (secondary N) is 2. The molecule has 0 bridgehead atoms. The van der Waals surface area contributed by atoms with Crippen molar-refractivity contribution >= 4 is 33.2 Å². The van der Waals surface area contributed by atoms with E-state index in [1.165, 1.54) is 0 Å². The maximum Gasteiger partial charge on any atom is 0.246 e. The monoisotopic (exact) mass is 378 g/mol. The number of carbonyl (C=O) groups is 1. The van der Waals surface area contributed by atoms with Gasteiger partial charge in [0.1, 0.15) is 17.5 Å². The number of hydrogen-bond acceptors (Lipinski definition) is 4. The largest absolute Gasteiger partial charge is 0.497 e. The summed E-state index contributed by atoms with van der Waals surface area (Å²) in [6.45, 7) is 1.79. The molecule has 0 saturated carbocycles. The van der Waals surface area contributed by atoms with E-state index in [1.807, 2.05) is 36.4 Å². The highest BCUT2D eigenvalue weighted by Crippen LogP contribution is 2.29. The topological polar surface area (TPSA) is 59.6 Å². The normalized spacial score (nSPS) is 11.5. The van der Waals surface area contributed by atoms with Crippen LogP contribution in [0.3, 0.4) is 0 Å². The van der Waals surface area contributed by atoms with Crippen molar-refractivity contribution in [2.24, 2.45) is 0 Å². The van der Waals surface area contributed by atoms with Crippen molar-refractivity contribution in [3.8, 4) is 11.5 Å². The Morgan fingerprint density at radius 1 is 1.09 bits per heavy atom. The van der Waals surface area contributed by atoms with Crippen LogP contribution < -0.4 is 20.1 Å². The second-order valence-corrected chi connectivity index (χ2v) is 5.84. The number of amides is 1. The van der Waals surface area contributed by atoms with Crippen LogP contribution in [0.25, 0.3) is 0 Å². The van der Waals surface area contributed by atoms with Gasteiger partial charge in [0.25, 0.3) is 0 Å². The molecule has 2 N–H and O–H groups in total. The average molecular weight is 379 g/mol. The Balaban J connectivity index is 2.04. The molecule has 23 heavy (non-hydrogen) atoms. The van der Waals surface area contributed by atoms with Gasteiger partial charge in [0.2, 0.25) is 5.91 Å². The van der Waals surface area contributed by atoms with Crippen LogP contribution in [0.15, 0.2) is 46.9 Å². The third-order valence-electron chi connectivity index (χ3n) is 3.29. The van der Waals surface area contributed by atoms with Crippen LogP contribution in [0.1, 0.15) is 6.92 Å². The van der Waals surface area contributed by atoms with E-state index in [4.69, 9.17) is 9.47 Å².